The molecule has 6 nitrogen and oxygen atoms in total. The number of carbonyl (C=O) groups excluding carboxylic acids is 1. The molecule has 0 spiro atoms. The molecule has 0 aromatic carbocycles. The lowest BCUT2D eigenvalue weighted by atomic mass is 9.96. The van der Waals surface area contributed by atoms with Crippen LogP contribution in [0.25, 0.3) is 0 Å². The third-order valence-corrected chi connectivity index (χ3v) is 4.25. The zero-order valence-corrected chi connectivity index (χ0v) is 12.6. The lowest BCUT2D eigenvalue weighted by Gasteiger charge is -2.26. The van der Waals surface area contributed by atoms with Crippen LogP contribution in [0.1, 0.15) is 30.3 Å². The van der Waals surface area contributed by atoms with Crippen LogP contribution in [-0.2, 0) is 23.0 Å². The summed E-state index contributed by atoms with van der Waals surface area (Å²) < 4.78 is 7.12. The quantitative estimate of drug-likeness (QED) is 0.828. The van der Waals surface area contributed by atoms with Crippen molar-refractivity contribution in [1.82, 2.24) is 15.1 Å². The molecular weight excluding hydrogens is 258 g/mol. The van der Waals surface area contributed by atoms with Crippen molar-refractivity contribution < 1.29 is 14.6 Å². The van der Waals surface area contributed by atoms with Crippen LogP contribution in [0.5, 0.6) is 0 Å². The Kier molecular flexibility index (Phi) is 4.15. The van der Waals surface area contributed by atoms with Crippen molar-refractivity contribution in [3.63, 3.8) is 0 Å². The van der Waals surface area contributed by atoms with Crippen LogP contribution in [0.4, 0.5) is 0 Å². The highest BCUT2D eigenvalue weighted by Gasteiger charge is 2.39. The molecule has 2 unspecified atom stereocenters. The Morgan fingerprint density at radius 3 is 2.80 bits per heavy atom. The van der Waals surface area contributed by atoms with Crippen LogP contribution in [0.2, 0.25) is 0 Å². The third-order valence-electron chi connectivity index (χ3n) is 4.25. The highest BCUT2D eigenvalue weighted by Crippen LogP contribution is 2.24. The van der Waals surface area contributed by atoms with E-state index in [1.54, 1.807) is 4.68 Å². The van der Waals surface area contributed by atoms with Crippen LogP contribution in [0, 0.1) is 13.8 Å². The van der Waals surface area contributed by atoms with Gasteiger partial charge in [-0.05, 0) is 20.8 Å². The van der Waals surface area contributed by atoms with Crippen molar-refractivity contribution in [3.05, 3.63) is 17.0 Å². The van der Waals surface area contributed by atoms with Crippen LogP contribution in [-0.4, -0.2) is 45.7 Å². The van der Waals surface area contributed by atoms with E-state index in [4.69, 9.17) is 4.74 Å². The van der Waals surface area contributed by atoms with Gasteiger partial charge in [-0.15, -0.1) is 0 Å². The Morgan fingerprint density at radius 1 is 1.60 bits per heavy atom. The number of rotatable bonds is 4. The second-order valence-corrected chi connectivity index (χ2v) is 5.59. The van der Waals surface area contributed by atoms with E-state index in [0.717, 1.165) is 17.0 Å². The number of amides is 1. The lowest BCUT2D eigenvalue weighted by Crippen LogP contribution is -2.47. The molecule has 112 valence electrons. The van der Waals surface area contributed by atoms with E-state index in [1.807, 2.05) is 27.8 Å². The van der Waals surface area contributed by atoms with Crippen LogP contribution >= 0.6 is 0 Å². The number of nitrogens with zero attached hydrogens (tertiary/aromatic N) is 2. The predicted molar refractivity (Wildman–Crippen MR) is 74.4 cm³/mol. The van der Waals surface area contributed by atoms with Gasteiger partial charge in [-0.25, -0.2) is 0 Å². The van der Waals surface area contributed by atoms with E-state index >= 15 is 0 Å². The molecule has 0 saturated carbocycles. The molecule has 20 heavy (non-hydrogen) atoms. The maximum atomic E-state index is 12.0. The molecule has 0 aliphatic carbocycles. The standard InChI is InChI=1S/C14H23N3O3/c1-9-12(10(2)17(4)16-9)7-13(18)15-8-14(19)5-6-20-11(14)3/h11,19H,5-8H2,1-4H3,(H,15,18). The van der Waals surface area contributed by atoms with Crippen molar-refractivity contribution in [2.24, 2.45) is 7.05 Å². The molecule has 1 amide bonds. The van der Waals surface area contributed by atoms with Gasteiger partial charge in [0.25, 0.3) is 0 Å². The van der Waals surface area contributed by atoms with Gasteiger partial charge in [0.15, 0.2) is 0 Å². The molecule has 2 heterocycles. The third kappa shape index (κ3) is 2.86. The monoisotopic (exact) mass is 281 g/mol. The molecular formula is C14H23N3O3. The van der Waals surface area contributed by atoms with Crippen molar-refractivity contribution in [3.8, 4) is 0 Å². The highest BCUT2D eigenvalue weighted by molar-refractivity contribution is 5.79. The van der Waals surface area contributed by atoms with Crippen LogP contribution < -0.4 is 5.32 Å². The van der Waals surface area contributed by atoms with E-state index in [1.165, 1.54) is 0 Å². The number of aliphatic hydroxyl groups is 1. The van der Waals surface area contributed by atoms with Crippen molar-refractivity contribution in [2.45, 2.75) is 45.3 Å². The number of aromatic nitrogens is 2. The van der Waals surface area contributed by atoms with Crippen LogP contribution in [0.3, 0.4) is 0 Å². The molecule has 1 fully saturated rings. The summed E-state index contributed by atoms with van der Waals surface area (Å²) in [6, 6.07) is 0. The van der Waals surface area contributed by atoms with E-state index in [2.05, 4.69) is 10.4 Å². The van der Waals surface area contributed by atoms with Gasteiger partial charge in [0.05, 0.1) is 18.2 Å². The fourth-order valence-electron chi connectivity index (χ4n) is 2.55. The summed E-state index contributed by atoms with van der Waals surface area (Å²) in [7, 11) is 1.87. The van der Waals surface area contributed by atoms with Crippen molar-refractivity contribution in [2.75, 3.05) is 13.2 Å². The number of ether oxygens (including phenoxy) is 1. The first-order valence-electron chi connectivity index (χ1n) is 6.93. The smallest absolute Gasteiger partial charge is 0.224 e. The van der Waals surface area contributed by atoms with Gasteiger partial charge in [-0.3, -0.25) is 9.48 Å². The van der Waals surface area contributed by atoms with Gasteiger partial charge in [0.1, 0.15) is 5.60 Å². The van der Waals surface area contributed by atoms with E-state index in [-0.39, 0.29) is 25.0 Å². The summed E-state index contributed by atoms with van der Waals surface area (Å²) in [5, 5.41) is 17.4. The summed E-state index contributed by atoms with van der Waals surface area (Å²) in [6.45, 7) is 6.44. The molecule has 0 radical (unpaired) electrons. The van der Waals surface area contributed by atoms with E-state index in [9.17, 15) is 9.90 Å². The molecule has 1 saturated heterocycles. The van der Waals surface area contributed by atoms with Gasteiger partial charge in [0.2, 0.25) is 5.91 Å². The summed E-state index contributed by atoms with van der Waals surface area (Å²) in [6.07, 6.45) is 0.598. The Hall–Kier alpha value is -1.40. The van der Waals surface area contributed by atoms with Gasteiger partial charge >= 0.3 is 0 Å². The summed E-state index contributed by atoms with van der Waals surface area (Å²) in [4.78, 5) is 12.0. The Labute approximate surface area is 119 Å². The second kappa shape index (κ2) is 5.54. The maximum absolute atomic E-state index is 12.0. The van der Waals surface area contributed by atoms with Gasteiger partial charge in [-0.2, -0.15) is 5.10 Å². The minimum absolute atomic E-state index is 0.100. The second-order valence-electron chi connectivity index (χ2n) is 5.59. The summed E-state index contributed by atoms with van der Waals surface area (Å²) in [5.74, 6) is -0.100. The Bertz CT molecular complexity index is 512. The van der Waals surface area contributed by atoms with Gasteiger partial charge < -0.3 is 15.2 Å². The topological polar surface area (TPSA) is 76.4 Å². The normalized spacial score (nSPS) is 25.9. The summed E-state index contributed by atoms with van der Waals surface area (Å²) >= 11 is 0. The first-order chi connectivity index (χ1) is 9.33. The zero-order chi connectivity index (χ0) is 14.9. The fraction of sp³-hybridized carbons (Fsp3) is 0.714. The molecule has 0 bridgehead atoms. The summed E-state index contributed by atoms with van der Waals surface area (Å²) in [5.41, 5.74) is 1.87. The number of aryl methyl sites for hydroxylation is 2. The number of nitrogens with one attached hydrogen (secondary N) is 1. The predicted octanol–water partition coefficient (Wildman–Crippen LogP) is 0.236. The largest absolute Gasteiger partial charge is 0.385 e. The molecule has 1 aromatic heterocycles. The highest BCUT2D eigenvalue weighted by atomic mass is 16.5. The van der Waals surface area contributed by atoms with Crippen molar-refractivity contribution in [1.29, 1.82) is 0 Å². The average molecular weight is 281 g/mol. The average Bonchev–Trinajstić information content (AvgIpc) is 2.83. The van der Waals surface area contributed by atoms with E-state index in [0.29, 0.717) is 13.0 Å². The zero-order valence-electron chi connectivity index (χ0n) is 12.6. The first kappa shape index (κ1) is 15.0. The number of hydrogen-bond acceptors (Lipinski definition) is 4. The van der Waals surface area contributed by atoms with E-state index < -0.39 is 5.60 Å². The number of carbonyl (C=O) groups is 1. The molecule has 6 heteroatoms. The molecule has 1 aliphatic rings. The Balaban J connectivity index is 1.93. The minimum atomic E-state index is -0.950. The maximum Gasteiger partial charge on any atom is 0.224 e. The molecule has 2 N–H and O–H groups in total. The fourth-order valence-corrected chi connectivity index (χ4v) is 2.55. The van der Waals surface area contributed by atoms with Gasteiger partial charge in [0, 0.05) is 37.9 Å². The van der Waals surface area contributed by atoms with Crippen LogP contribution in [0.15, 0.2) is 0 Å². The molecule has 1 aliphatic heterocycles. The molecule has 2 rings (SSSR count). The lowest BCUT2D eigenvalue weighted by molar-refractivity contribution is -0.122. The SMILES string of the molecule is Cc1nn(C)c(C)c1CC(=O)NCC1(O)CCOC1C. The molecule has 1 aromatic rings. The first-order valence-corrected chi connectivity index (χ1v) is 6.93. The Morgan fingerprint density at radius 2 is 2.30 bits per heavy atom. The molecule has 2 atom stereocenters. The van der Waals surface area contributed by atoms with Crippen molar-refractivity contribution >= 4 is 5.91 Å². The minimum Gasteiger partial charge on any atom is -0.385 e. The van der Waals surface area contributed by atoms with Gasteiger partial charge in [-0.1, -0.05) is 0 Å². The number of hydrogen-bond donors (Lipinski definition) is 2.